The Bertz CT molecular complexity index is 186. The van der Waals surface area contributed by atoms with E-state index in [1.165, 1.54) is 31.3 Å². The highest BCUT2D eigenvalue weighted by Crippen LogP contribution is 2.43. The summed E-state index contributed by atoms with van der Waals surface area (Å²) in [5.41, 5.74) is 12.8. The van der Waals surface area contributed by atoms with Crippen molar-refractivity contribution in [3.63, 3.8) is 0 Å². The van der Waals surface area contributed by atoms with Crippen molar-refractivity contribution in [2.75, 3.05) is 0 Å². The van der Waals surface area contributed by atoms with Crippen LogP contribution in [0.15, 0.2) is 11.8 Å². The van der Waals surface area contributed by atoms with Crippen LogP contribution >= 0.6 is 0 Å². The van der Waals surface area contributed by atoms with Gasteiger partial charge >= 0.3 is 0 Å². The number of fused-ring (bicyclic) bond motifs is 2. The zero-order chi connectivity index (χ0) is 7.84. The molecule has 0 aromatic heterocycles. The Morgan fingerprint density at radius 2 is 2.09 bits per heavy atom. The Hall–Kier alpha value is -0.500. The first-order valence-corrected chi connectivity index (χ1v) is 4.48. The van der Waals surface area contributed by atoms with Gasteiger partial charge in [0.25, 0.3) is 0 Å². The van der Waals surface area contributed by atoms with E-state index in [-0.39, 0.29) is 6.04 Å². The van der Waals surface area contributed by atoms with E-state index in [1.54, 1.807) is 6.20 Å². The molecule has 2 nitrogen and oxygen atoms in total. The third-order valence-corrected chi connectivity index (χ3v) is 3.22. The normalized spacial score (nSPS) is 46.6. The molecule has 2 rings (SSSR count). The van der Waals surface area contributed by atoms with Crippen molar-refractivity contribution in [2.24, 2.45) is 23.3 Å². The third-order valence-electron chi connectivity index (χ3n) is 3.22. The fourth-order valence-corrected chi connectivity index (χ4v) is 2.65. The molecule has 0 saturated heterocycles. The van der Waals surface area contributed by atoms with Gasteiger partial charge in [-0.3, -0.25) is 0 Å². The Kier molecular flexibility index (Phi) is 1.64. The maximum atomic E-state index is 5.96. The van der Waals surface area contributed by atoms with E-state index in [0.29, 0.717) is 0 Å². The largest absolute Gasteiger partial charge is 0.405 e. The molecule has 0 amide bonds. The van der Waals surface area contributed by atoms with E-state index >= 15 is 0 Å². The summed E-state index contributed by atoms with van der Waals surface area (Å²) in [6, 6.07) is 0.270. The van der Waals surface area contributed by atoms with Gasteiger partial charge in [0.2, 0.25) is 0 Å². The van der Waals surface area contributed by atoms with Crippen molar-refractivity contribution in [3.05, 3.63) is 11.8 Å². The topological polar surface area (TPSA) is 52.0 Å². The molecule has 2 bridgehead atoms. The molecule has 2 saturated carbocycles. The van der Waals surface area contributed by atoms with Crippen LogP contribution in [-0.2, 0) is 0 Å². The van der Waals surface area contributed by atoms with E-state index in [2.05, 4.69) is 0 Å². The second-order valence-electron chi connectivity index (χ2n) is 3.88. The van der Waals surface area contributed by atoms with E-state index in [4.69, 9.17) is 11.5 Å². The smallest absolute Gasteiger partial charge is 0.0276 e. The van der Waals surface area contributed by atoms with Gasteiger partial charge in [-0.25, -0.2) is 0 Å². The van der Waals surface area contributed by atoms with Crippen LogP contribution in [0.1, 0.15) is 25.7 Å². The van der Waals surface area contributed by atoms with Crippen molar-refractivity contribution in [3.8, 4) is 0 Å². The minimum atomic E-state index is 0.270. The van der Waals surface area contributed by atoms with Crippen molar-refractivity contribution < 1.29 is 0 Å². The number of rotatable bonds is 0. The molecule has 0 aromatic carbocycles. The lowest BCUT2D eigenvalue weighted by molar-refractivity contribution is 0.396. The van der Waals surface area contributed by atoms with Gasteiger partial charge in [-0.15, -0.1) is 0 Å². The third kappa shape index (κ3) is 1.06. The summed E-state index contributed by atoms with van der Waals surface area (Å²) in [4.78, 5) is 0. The Labute approximate surface area is 67.6 Å². The summed E-state index contributed by atoms with van der Waals surface area (Å²) >= 11 is 0. The Morgan fingerprint density at radius 3 is 2.82 bits per heavy atom. The van der Waals surface area contributed by atoms with Gasteiger partial charge in [0.05, 0.1) is 0 Å². The van der Waals surface area contributed by atoms with Crippen molar-refractivity contribution in [2.45, 2.75) is 31.7 Å². The summed E-state index contributed by atoms with van der Waals surface area (Å²) in [5.74, 6) is 1.63. The number of nitrogens with two attached hydrogens (primary N) is 2. The van der Waals surface area contributed by atoms with Gasteiger partial charge in [0, 0.05) is 6.04 Å². The molecular formula is C9H16N2. The SMILES string of the molecule is N/C=C1\C(N)CC2CCC1C2. The molecule has 0 aromatic rings. The molecule has 2 aliphatic rings. The van der Waals surface area contributed by atoms with Gasteiger partial charge in [0.15, 0.2) is 0 Å². The maximum Gasteiger partial charge on any atom is 0.0276 e. The molecule has 2 fully saturated rings. The fourth-order valence-electron chi connectivity index (χ4n) is 2.65. The van der Waals surface area contributed by atoms with E-state index in [1.807, 2.05) is 0 Å². The van der Waals surface area contributed by atoms with E-state index in [0.717, 1.165) is 11.8 Å². The molecular weight excluding hydrogens is 136 g/mol. The minimum Gasteiger partial charge on any atom is -0.405 e. The van der Waals surface area contributed by atoms with Crippen LogP contribution in [0.4, 0.5) is 0 Å². The molecule has 3 atom stereocenters. The highest BCUT2D eigenvalue weighted by molar-refractivity contribution is 5.18. The van der Waals surface area contributed by atoms with Gasteiger partial charge in [-0.05, 0) is 49.3 Å². The van der Waals surface area contributed by atoms with Crippen molar-refractivity contribution >= 4 is 0 Å². The molecule has 2 heteroatoms. The quantitative estimate of drug-likeness (QED) is 0.543. The highest BCUT2D eigenvalue weighted by atomic mass is 14.7. The zero-order valence-corrected chi connectivity index (χ0v) is 6.79. The van der Waals surface area contributed by atoms with Crippen molar-refractivity contribution in [1.29, 1.82) is 0 Å². The molecule has 0 radical (unpaired) electrons. The average Bonchev–Trinajstić information content (AvgIpc) is 2.34. The van der Waals surface area contributed by atoms with Crippen LogP contribution in [0.3, 0.4) is 0 Å². The molecule has 0 heterocycles. The molecule has 3 unspecified atom stereocenters. The average molecular weight is 152 g/mol. The van der Waals surface area contributed by atoms with Gasteiger partial charge in [-0.2, -0.15) is 0 Å². The lowest BCUT2D eigenvalue weighted by Crippen LogP contribution is -2.32. The van der Waals surface area contributed by atoms with Crippen LogP contribution in [0.2, 0.25) is 0 Å². The second-order valence-corrected chi connectivity index (χ2v) is 3.88. The van der Waals surface area contributed by atoms with Crippen LogP contribution in [-0.4, -0.2) is 6.04 Å². The van der Waals surface area contributed by atoms with E-state index in [9.17, 15) is 0 Å². The van der Waals surface area contributed by atoms with Crippen LogP contribution in [0.5, 0.6) is 0 Å². The minimum absolute atomic E-state index is 0.270. The summed E-state index contributed by atoms with van der Waals surface area (Å²) < 4.78 is 0. The molecule has 11 heavy (non-hydrogen) atoms. The Balaban J connectivity index is 2.20. The molecule has 2 aliphatic carbocycles. The summed E-state index contributed by atoms with van der Waals surface area (Å²) in [7, 11) is 0. The second kappa shape index (κ2) is 2.52. The predicted molar refractivity (Wildman–Crippen MR) is 45.7 cm³/mol. The van der Waals surface area contributed by atoms with Crippen LogP contribution < -0.4 is 11.5 Å². The predicted octanol–water partition coefficient (Wildman–Crippen LogP) is 0.976. The highest BCUT2D eigenvalue weighted by Gasteiger charge is 2.35. The number of hydrogen-bond acceptors (Lipinski definition) is 2. The molecule has 0 aliphatic heterocycles. The summed E-state index contributed by atoms with van der Waals surface area (Å²) in [5, 5.41) is 0. The first-order chi connectivity index (χ1) is 5.31. The lowest BCUT2D eigenvalue weighted by Gasteiger charge is -2.27. The van der Waals surface area contributed by atoms with E-state index < -0.39 is 0 Å². The van der Waals surface area contributed by atoms with Crippen LogP contribution in [0, 0.1) is 11.8 Å². The molecule has 0 spiro atoms. The maximum absolute atomic E-state index is 5.96. The first-order valence-electron chi connectivity index (χ1n) is 4.48. The fraction of sp³-hybridized carbons (Fsp3) is 0.778. The lowest BCUT2D eigenvalue weighted by atomic mass is 9.82. The Morgan fingerprint density at radius 1 is 1.27 bits per heavy atom. The van der Waals surface area contributed by atoms with Crippen molar-refractivity contribution in [1.82, 2.24) is 0 Å². The number of hydrogen-bond donors (Lipinski definition) is 2. The van der Waals surface area contributed by atoms with Gasteiger partial charge in [0.1, 0.15) is 0 Å². The first kappa shape index (κ1) is 7.17. The summed E-state index contributed by atoms with van der Waals surface area (Å²) in [6.07, 6.45) is 6.95. The monoisotopic (exact) mass is 152 g/mol. The van der Waals surface area contributed by atoms with Gasteiger partial charge in [-0.1, -0.05) is 0 Å². The van der Waals surface area contributed by atoms with Crippen LogP contribution in [0.25, 0.3) is 0 Å². The zero-order valence-electron chi connectivity index (χ0n) is 6.79. The standard InChI is InChI=1S/C9H16N2/c10-5-8-7-2-1-6(3-7)4-9(8)11/h5-7,9H,1-4,10-11H2/b8-5-. The molecule has 62 valence electrons. The summed E-state index contributed by atoms with van der Waals surface area (Å²) in [6.45, 7) is 0. The van der Waals surface area contributed by atoms with Gasteiger partial charge < -0.3 is 11.5 Å². The molecule has 4 N–H and O–H groups in total.